The Morgan fingerprint density at radius 2 is 2.18 bits per heavy atom. The van der Waals surface area contributed by atoms with Crippen LogP contribution < -0.4 is 5.59 Å². The third-order valence-electron chi connectivity index (χ3n) is 1.55. The van der Waals surface area contributed by atoms with Gasteiger partial charge < -0.3 is 0 Å². The Kier molecular flexibility index (Phi) is 1.46. The van der Waals surface area contributed by atoms with Crippen LogP contribution >= 0.6 is 15.9 Å². The van der Waals surface area contributed by atoms with Crippen LogP contribution in [0.4, 0.5) is 0 Å². The second kappa shape index (κ2) is 2.34. The van der Waals surface area contributed by atoms with E-state index in [1.54, 1.807) is 18.6 Å². The molecular formula is C6H5BBrN3. The molecule has 2 aromatic rings. The number of nitrogens with zero attached hydrogens (tertiary/aromatic N) is 3. The summed E-state index contributed by atoms with van der Waals surface area (Å²) in [5.41, 5.74) is 1.95. The van der Waals surface area contributed by atoms with Gasteiger partial charge in [0.15, 0.2) is 13.5 Å². The zero-order valence-electron chi connectivity index (χ0n) is 5.95. The molecule has 0 atom stereocenters. The van der Waals surface area contributed by atoms with Crippen LogP contribution in [0.15, 0.2) is 23.2 Å². The van der Waals surface area contributed by atoms with Crippen molar-refractivity contribution >= 4 is 35.0 Å². The highest BCUT2D eigenvalue weighted by molar-refractivity contribution is 9.10. The quantitative estimate of drug-likeness (QED) is 0.561. The molecule has 0 fully saturated rings. The first-order valence-corrected chi connectivity index (χ1v) is 4.02. The van der Waals surface area contributed by atoms with Gasteiger partial charge >= 0.3 is 0 Å². The number of fused-ring (bicyclic) bond motifs is 1. The maximum absolute atomic E-state index is 4.13. The predicted octanol–water partition coefficient (Wildman–Crippen LogP) is -0.250. The largest absolute Gasteiger partial charge is 0.298 e. The Morgan fingerprint density at radius 1 is 1.36 bits per heavy atom. The molecule has 54 valence electrons. The summed E-state index contributed by atoms with van der Waals surface area (Å²) in [6.07, 6.45) is 5.31. The van der Waals surface area contributed by atoms with Crippen LogP contribution in [0.25, 0.3) is 5.65 Å². The minimum atomic E-state index is 0.872. The SMILES string of the molecule is Bc1cncc2ncc(Br)n12. The summed E-state index contributed by atoms with van der Waals surface area (Å²) < 4.78 is 2.96. The average molecular weight is 210 g/mol. The van der Waals surface area contributed by atoms with Gasteiger partial charge in [-0.2, -0.15) is 0 Å². The first-order chi connectivity index (χ1) is 5.29. The fraction of sp³-hybridized carbons (Fsp3) is 0. The molecule has 0 aliphatic rings. The van der Waals surface area contributed by atoms with E-state index in [0.717, 1.165) is 15.8 Å². The number of rotatable bonds is 0. The molecule has 2 heterocycles. The molecule has 0 saturated heterocycles. The van der Waals surface area contributed by atoms with Gasteiger partial charge in [0, 0.05) is 6.20 Å². The van der Waals surface area contributed by atoms with Crippen molar-refractivity contribution in [1.82, 2.24) is 14.4 Å². The van der Waals surface area contributed by atoms with Gasteiger partial charge in [-0.1, -0.05) is 0 Å². The lowest BCUT2D eigenvalue weighted by atomic mass is 10.1. The third kappa shape index (κ3) is 0.958. The van der Waals surface area contributed by atoms with Crippen LogP contribution in [0.5, 0.6) is 0 Å². The van der Waals surface area contributed by atoms with E-state index < -0.39 is 0 Å². The van der Waals surface area contributed by atoms with Crippen molar-refractivity contribution in [1.29, 1.82) is 0 Å². The van der Waals surface area contributed by atoms with Crippen molar-refractivity contribution in [2.75, 3.05) is 0 Å². The fourth-order valence-corrected chi connectivity index (χ4v) is 1.62. The molecule has 2 rings (SSSR count). The fourth-order valence-electron chi connectivity index (χ4n) is 1.05. The molecule has 0 bridgehead atoms. The third-order valence-corrected chi connectivity index (χ3v) is 2.11. The number of hydrogen-bond acceptors (Lipinski definition) is 2. The maximum atomic E-state index is 4.13. The lowest BCUT2D eigenvalue weighted by molar-refractivity contribution is 1.15. The number of hydrogen-bond donors (Lipinski definition) is 0. The zero-order chi connectivity index (χ0) is 7.84. The van der Waals surface area contributed by atoms with Crippen molar-refractivity contribution in [3.05, 3.63) is 23.2 Å². The molecule has 0 spiro atoms. The molecule has 0 saturated carbocycles. The van der Waals surface area contributed by atoms with Gasteiger partial charge in [-0.15, -0.1) is 0 Å². The van der Waals surface area contributed by atoms with E-state index >= 15 is 0 Å². The van der Waals surface area contributed by atoms with Crippen LogP contribution in [0.1, 0.15) is 0 Å². The van der Waals surface area contributed by atoms with Gasteiger partial charge in [-0.05, 0) is 21.5 Å². The number of aromatic nitrogens is 3. The molecule has 0 amide bonds. The molecule has 0 aliphatic carbocycles. The zero-order valence-corrected chi connectivity index (χ0v) is 7.54. The van der Waals surface area contributed by atoms with Crippen LogP contribution in [0.2, 0.25) is 0 Å². The minimum absolute atomic E-state index is 0.872. The maximum Gasteiger partial charge on any atom is 0.163 e. The van der Waals surface area contributed by atoms with Gasteiger partial charge in [0.05, 0.1) is 12.4 Å². The second-order valence-electron chi connectivity index (χ2n) is 2.32. The predicted molar refractivity (Wildman–Crippen MR) is 48.9 cm³/mol. The van der Waals surface area contributed by atoms with E-state index in [1.165, 1.54) is 0 Å². The topological polar surface area (TPSA) is 30.2 Å². The summed E-state index contributed by atoms with van der Waals surface area (Å²) in [5, 5.41) is 0. The van der Waals surface area contributed by atoms with Crippen LogP contribution in [-0.4, -0.2) is 22.2 Å². The summed E-state index contributed by atoms with van der Waals surface area (Å²) in [4.78, 5) is 8.15. The number of halogens is 1. The highest BCUT2D eigenvalue weighted by Gasteiger charge is 2.00. The highest BCUT2D eigenvalue weighted by atomic mass is 79.9. The van der Waals surface area contributed by atoms with Crippen molar-refractivity contribution in [3.63, 3.8) is 0 Å². The van der Waals surface area contributed by atoms with E-state index in [9.17, 15) is 0 Å². The molecule has 3 nitrogen and oxygen atoms in total. The van der Waals surface area contributed by atoms with Crippen LogP contribution in [0.3, 0.4) is 0 Å². The number of imidazole rings is 1. The van der Waals surface area contributed by atoms with Crippen LogP contribution in [0, 0.1) is 0 Å². The van der Waals surface area contributed by atoms with Gasteiger partial charge in [-0.25, -0.2) is 4.98 Å². The standard InChI is InChI=1S/C6H5BBrN3/c7-4-1-9-3-6-10-2-5(8)11(4)6/h1-3H,7H2. The molecule has 0 aromatic carbocycles. The molecule has 0 radical (unpaired) electrons. The molecule has 0 N–H and O–H groups in total. The van der Waals surface area contributed by atoms with E-state index in [4.69, 9.17) is 0 Å². The first-order valence-electron chi connectivity index (χ1n) is 3.22. The summed E-state index contributed by atoms with van der Waals surface area (Å²) in [5.74, 6) is 0. The van der Waals surface area contributed by atoms with Gasteiger partial charge in [-0.3, -0.25) is 9.38 Å². The highest BCUT2D eigenvalue weighted by Crippen LogP contribution is 2.08. The van der Waals surface area contributed by atoms with E-state index in [2.05, 4.69) is 25.9 Å². The first kappa shape index (κ1) is 6.85. The van der Waals surface area contributed by atoms with E-state index in [0.29, 0.717) is 0 Å². The summed E-state index contributed by atoms with van der Waals surface area (Å²) in [6, 6.07) is 0. The van der Waals surface area contributed by atoms with E-state index in [-0.39, 0.29) is 0 Å². The Balaban J connectivity index is 2.96. The summed E-state index contributed by atoms with van der Waals surface area (Å²) >= 11 is 3.39. The molecule has 5 heteroatoms. The van der Waals surface area contributed by atoms with Gasteiger partial charge in [0.1, 0.15) is 4.60 Å². The normalized spacial score (nSPS) is 10.6. The smallest absolute Gasteiger partial charge is 0.163 e. The molecule has 11 heavy (non-hydrogen) atoms. The lowest BCUT2D eigenvalue weighted by Gasteiger charge is -1.98. The Morgan fingerprint density at radius 3 is 2.91 bits per heavy atom. The van der Waals surface area contributed by atoms with Gasteiger partial charge in [0.25, 0.3) is 0 Å². The van der Waals surface area contributed by atoms with Crippen LogP contribution in [-0.2, 0) is 0 Å². The summed E-state index contributed by atoms with van der Waals surface area (Å²) in [7, 11) is 1.99. The minimum Gasteiger partial charge on any atom is -0.298 e. The van der Waals surface area contributed by atoms with E-state index in [1.807, 2.05) is 12.2 Å². The van der Waals surface area contributed by atoms with Crippen molar-refractivity contribution < 1.29 is 0 Å². The Labute approximate surface area is 73.0 Å². The van der Waals surface area contributed by atoms with Crippen molar-refractivity contribution in [2.45, 2.75) is 0 Å². The molecule has 2 aromatic heterocycles. The Bertz CT molecular complexity index is 398. The molecular weight excluding hydrogens is 205 g/mol. The van der Waals surface area contributed by atoms with Crippen molar-refractivity contribution in [3.8, 4) is 0 Å². The molecule has 0 unspecified atom stereocenters. The average Bonchev–Trinajstić information content (AvgIpc) is 2.34. The summed E-state index contributed by atoms with van der Waals surface area (Å²) in [6.45, 7) is 0. The van der Waals surface area contributed by atoms with Crippen molar-refractivity contribution in [2.24, 2.45) is 0 Å². The second-order valence-corrected chi connectivity index (χ2v) is 3.14. The molecule has 0 aliphatic heterocycles. The lowest BCUT2D eigenvalue weighted by Crippen LogP contribution is -2.14. The Hall–Kier alpha value is -0.835. The monoisotopic (exact) mass is 209 g/mol. The van der Waals surface area contributed by atoms with Gasteiger partial charge in [0.2, 0.25) is 0 Å².